The molecule has 0 bridgehead atoms. The molecule has 0 N–H and O–H groups in total. The second kappa shape index (κ2) is 6.04. The quantitative estimate of drug-likeness (QED) is 0.767. The van der Waals surface area contributed by atoms with Crippen molar-refractivity contribution in [3.63, 3.8) is 0 Å². The van der Waals surface area contributed by atoms with E-state index in [-0.39, 0.29) is 5.41 Å². The molecule has 1 aliphatic carbocycles. The van der Waals surface area contributed by atoms with E-state index in [1.807, 2.05) is 13.8 Å². The number of hydrogen-bond acceptors (Lipinski definition) is 3. The summed E-state index contributed by atoms with van der Waals surface area (Å²) in [6.07, 6.45) is 6.69. The maximum absolute atomic E-state index is 9.03. The van der Waals surface area contributed by atoms with Gasteiger partial charge in [-0.05, 0) is 39.7 Å². The van der Waals surface area contributed by atoms with Crippen molar-refractivity contribution < 1.29 is 0 Å². The van der Waals surface area contributed by atoms with Gasteiger partial charge in [0.2, 0.25) is 0 Å². The van der Waals surface area contributed by atoms with Gasteiger partial charge in [-0.1, -0.05) is 12.8 Å². The Kier molecular flexibility index (Phi) is 4.64. The largest absolute Gasteiger partial charge is 0.301 e. The molecule has 0 radical (unpaired) electrons. The molecule has 2 aliphatic rings. The van der Waals surface area contributed by atoms with E-state index in [0.717, 1.165) is 19.0 Å². The lowest BCUT2D eigenvalue weighted by molar-refractivity contribution is 0.0926. The molecule has 3 heteroatoms. The zero-order valence-corrected chi connectivity index (χ0v) is 12.0. The molecule has 0 aromatic rings. The van der Waals surface area contributed by atoms with E-state index in [0.29, 0.717) is 0 Å². The van der Waals surface area contributed by atoms with Crippen LogP contribution < -0.4 is 0 Å². The third-order valence-corrected chi connectivity index (χ3v) is 4.60. The minimum Gasteiger partial charge on any atom is -0.301 e. The van der Waals surface area contributed by atoms with E-state index in [9.17, 15) is 0 Å². The van der Waals surface area contributed by atoms with Gasteiger partial charge < -0.3 is 4.90 Å². The Morgan fingerprint density at radius 1 is 1.11 bits per heavy atom. The lowest BCUT2D eigenvalue weighted by Crippen LogP contribution is -2.50. The minimum atomic E-state index is -0.164. The molecule has 1 heterocycles. The van der Waals surface area contributed by atoms with Gasteiger partial charge in [-0.2, -0.15) is 5.26 Å². The molecule has 1 saturated carbocycles. The van der Waals surface area contributed by atoms with Crippen LogP contribution in [-0.2, 0) is 0 Å². The fraction of sp³-hybridized carbons (Fsp3) is 0.933. The second-order valence-electron chi connectivity index (χ2n) is 6.56. The van der Waals surface area contributed by atoms with E-state index in [1.165, 1.54) is 51.9 Å². The summed E-state index contributed by atoms with van der Waals surface area (Å²) in [5.41, 5.74) is -0.164. The summed E-state index contributed by atoms with van der Waals surface area (Å²) < 4.78 is 0. The predicted molar refractivity (Wildman–Crippen MR) is 74.3 cm³/mol. The van der Waals surface area contributed by atoms with Crippen LogP contribution in [0.4, 0.5) is 0 Å². The molecule has 0 aromatic carbocycles. The Morgan fingerprint density at radius 2 is 1.72 bits per heavy atom. The third-order valence-electron chi connectivity index (χ3n) is 4.60. The normalized spacial score (nSPS) is 24.3. The number of piperazine rings is 1. The van der Waals surface area contributed by atoms with Gasteiger partial charge in [0.25, 0.3) is 0 Å². The highest BCUT2D eigenvalue weighted by Crippen LogP contribution is 2.25. The highest BCUT2D eigenvalue weighted by molar-refractivity contribution is 4.92. The molecular weight excluding hydrogens is 222 g/mol. The summed E-state index contributed by atoms with van der Waals surface area (Å²) in [4.78, 5) is 5.23. The van der Waals surface area contributed by atoms with Crippen LogP contribution in [0.2, 0.25) is 0 Å². The van der Waals surface area contributed by atoms with Gasteiger partial charge in [0.05, 0.1) is 11.5 Å². The topological polar surface area (TPSA) is 30.3 Å². The van der Waals surface area contributed by atoms with Crippen LogP contribution in [0.3, 0.4) is 0 Å². The Hall–Kier alpha value is -0.590. The Morgan fingerprint density at radius 3 is 2.28 bits per heavy atom. The van der Waals surface area contributed by atoms with E-state index < -0.39 is 0 Å². The van der Waals surface area contributed by atoms with Gasteiger partial charge in [0.1, 0.15) is 0 Å². The maximum Gasteiger partial charge on any atom is 0.0684 e. The van der Waals surface area contributed by atoms with E-state index >= 15 is 0 Å². The first-order valence-corrected chi connectivity index (χ1v) is 7.48. The van der Waals surface area contributed by atoms with Crippen molar-refractivity contribution in [2.45, 2.75) is 52.0 Å². The average Bonchev–Trinajstić information content (AvgIpc) is 2.91. The van der Waals surface area contributed by atoms with Gasteiger partial charge in [0, 0.05) is 32.2 Å². The van der Waals surface area contributed by atoms with E-state index in [1.54, 1.807) is 0 Å². The monoisotopic (exact) mass is 249 g/mol. The van der Waals surface area contributed by atoms with Crippen LogP contribution in [0.5, 0.6) is 0 Å². The fourth-order valence-corrected chi connectivity index (χ4v) is 3.12. The van der Waals surface area contributed by atoms with Crippen LogP contribution in [0.1, 0.15) is 46.0 Å². The van der Waals surface area contributed by atoms with Crippen molar-refractivity contribution >= 4 is 0 Å². The first kappa shape index (κ1) is 13.8. The van der Waals surface area contributed by atoms with Crippen molar-refractivity contribution in [2.75, 3.05) is 32.7 Å². The number of nitriles is 1. The van der Waals surface area contributed by atoms with Gasteiger partial charge in [-0.25, -0.2) is 0 Å². The molecule has 1 saturated heterocycles. The van der Waals surface area contributed by atoms with Gasteiger partial charge in [-0.3, -0.25) is 4.90 Å². The summed E-state index contributed by atoms with van der Waals surface area (Å²) in [6.45, 7) is 10.0. The third kappa shape index (κ3) is 3.70. The lowest BCUT2D eigenvalue weighted by atomic mass is 9.91. The Balaban J connectivity index is 1.69. The molecule has 18 heavy (non-hydrogen) atoms. The molecule has 2 fully saturated rings. The molecule has 0 atom stereocenters. The van der Waals surface area contributed by atoms with E-state index in [4.69, 9.17) is 5.26 Å². The predicted octanol–water partition coefficient (Wildman–Crippen LogP) is 2.49. The highest BCUT2D eigenvalue weighted by Gasteiger charge is 2.26. The fourth-order valence-electron chi connectivity index (χ4n) is 3.12. The van der Waals surface area contributed by atoms with E-state index in [2.05, 4.69) is 15.9 Å². The van der Waals surface area contributed by atoms with Crippen molar-refractivity contribution in [2.24, 2.45) is 5.41 Å². The molecule has 0 spiro atoms. The molecule has 0 unspecified atom stereocenters. The van der Waals surface area contributed by atoms with Crippen molar-refractivity contribution in [3.8, 4) is 6.07 Å². The average molecular weight is 249 g/mol. The van der Waals surface area contributed by atoms with Crippen LogP contribution in [-0.4, -0.2) is 48.6 Å². The standard InChI is InChI=1S/C15H27N3/c1-15(2,13-16)7-8-17-9-11-18(12-10-17)14-5-3-4-6-14/h14H,3-12H2,1-2H3. The molecule has 2 rings (SSSR count). The number of hydrogen-bond donors (Lipinski definition) is 0. The Bertz CT molecular complexity index is 291. The molecule has 0 aromatic heterocycles. The van der Waals surface area contributed by atoms with Crippen molar-refractivity contribution in [1.29, 1.82) is 5.26 Å². The van der Waals surface area contributed by atoms with Gasteiger partial charge in [-0.15, -0.1) is 0 Å². The lowest BCUT2D eigenvalue weighted by Gasteiger charge is -2.38. The molecule has 1 aliphatic heterocycles. The molecule has 0 amide bonds. The van der Waals surface area contributed by atoms with Crippen LogP contribution in [0.15, 0.2) is 0 Å². The van der Waals surface area contributed by atoms with Crippen LogP contribution in [0.25, 0.3) is 0 Å². The minimum absolute atomic E-state index is 0.164. The Labute approximate surface area is 112 Å². The number of rotatable bonds is 4. The highest BCUT2D eigenvalue weighted by atomic mass is 15.3. The first-order valence-electron chi connectivity index (χ1n) is 7.48. The van der Waals surface area contributed by atoms with Crippen LogP contribution in [0, 0.1) is 16.7 Å². The smallest absolute Gasteiger partial charge is 0.0684 e. The van der Waals surface area contributed by atoms with Crippen molar-refractivity contribution in [1.82, 2.24) is 9.80 Å². The van der Waals surface area contributed by atoms with Gasteiger partial charge >= 0.3 is 0 Å². The summed E-state index contributed by atoms with van der Waals surface area (Å²) >= 11 is 0. The molecular formula is C15H27N3. The SMILES string of the molecule is CC(C)(C#N)CCN1CCN(C2CCCC2)CC1. The van der Waals surface area contributed by atoms with Crippen molar-refractivity contribution in [3.05, 3.63) is 0 Å². The van der Waals surface area contributed by atoms with Gasteiger partial charge in [0.15, 0.2) is 0 Å². The summed E-state index contributed by atoms with van der Waals surface area (Å²) in [5, 5.41) is 9.03. The molecule has 3 nitrogen and oxygen atoms in total. The molecule has 102 valence electrons. The first-order chi connectivity index (χ1) is 8.61. The number of nitrogens with zero attached hydrogens (tertiary/aromatic N) is 3. The zero-order valence-electron chi connectivity index (χ0n) is 12.0. The zero-order chi connectivity index (χ0) is 13.0. The summed E-state index contributed by atoms with van der Waals surface area (Å²) in [6, 6.07) is 3.27. The summed E-state index contributed by atoms with van der Waals surface area (Å²) in [7, 11) is 0. The maximum atomic E-state index is 9.03. The summed E-state index contributed by atoms with van der Waals surface area (Å²) in [5.74, 6) is 0. The van der Waals surface area contributed by atoms with Crippen LogP contribution >= 0.6 is 0 Å². The second-order valence-corrected chi connectivity index (χ2v) is 6.56.